The van der Waals surface area contributed by atoms with E-state index in [-0.39, 0.29) is 5.02 Å². The fraction of sp³-hybridized carbons (Fsp3) is 0.0556. The maximum Gasteiger partial charge on any atom is 0.338 e. The highest BCUT2D eigenvalue weighted by molar-refractivity contribution is 6.32. The minimum Gasteiger partial charge on any atom is -0.452 e. The first-order valence-corrected chi connectivity index (χ1v) is 8.06. The molecule has 1 heterocycles. The van der Waals surface area contributed by atoms with E-state index in [0.717, 1.165) is 5.69 Å². The lowest BCUT2D eigenvalue weighted by Crippen LogP contribution is -2.21. The molecule has 0 bridgehead atoms. The van der Waals surface area contributed by atoms with Crippen molar-refractivity contribution < 1.29 is 14.3 Å². The number of amides is 1. The minimum atomic E-state index is -0.631. The number of ether oxygens (including phenoxy) is 1. The molecular formula is C18H12ClN5O3. The molecule has 0 unspecified atom stereocenters. The van der Waals surface area contributed by atoms with Crippen LogP contribution in [-0.2, 0) is 9.53 Å². The molecule has 0 radical (unpaired) electrons. The maximum absolute atomic E-state index is 12.0. The second kappa shape index (κ2) is 8.12. The number of esters is 1. The number of benzene rings is 2. The first-order chi connectivity index (χ1) is 13.1. The van der Waals surface area contributed by atoms with Crippen molar-refractivity contribution >= 4 is 29.2 Å². The van der Waals surface area contributed by atoms with Crippen molar-refractivity contribution in [3.63, 3.8) is 0 Å². The number of carbonyl (C=O) groups excluding carboxylic acids is 2. The number of anilines is 1. The number of hydrogen-bond donors (Lipinski definition) is 1. The van der Waals surface area contributed by atoms with Gasteiger partial charge >= 0.3 is 5.97 Å². The molecule has 2 aromatic carbocycles. The van der Waals surface area contributed by atoms with E-state index in [2.05, 4.69) is 15.4 Å². The normalized spacial score (nSPS) is 10.1. The number of nitriles is 1. The van der Waals surface area contributed by atoms with Crippen LogP contribution in [0.15, 0.2) is 55.1 Å². The smallest absolute Gasteiger partial charge is 0.338 e. The van der Waals surface area contributed by atoms with Gasteiger partial charge in [0.2, 0.25) is 0 Å². The molecule has 1 amide bonds. The second-order valence-electron chi connectivity index (χ2n) is 5.32. The van der Waals surface area contributed by atoms with Crippen LogP contribution in [0.25, 0.3) is 5.69 Å². The van der Waals surface area contributed by atoms with Gasteiger partial charge in [0, 0.05) is 5.69 Å². The maximum atomic E-state index is 12.0. The van der Waals surface area contributed by atoms with E-state index < -0.39 is 18.5 Å². The molecule has 0 saturated carbocycles. The van der Waals surface area contributed by atoms with Crippen LogP contribution in [0, 0.1) is 11.3 Å². The lowest BCUT2D eigenvalue weighted by molar-refractivity contribution is -0.119. The first kappa shape index (κ1) is 18.1. The topological polar surface area (TPSA) is 110 Å². The summed E-state index contributed by atoms with van der Waals surface area (Å²) in [7, 11) is 0. The third kappa shape index (κ3) is 4.48. The summed E-state index contributed by atoms with van der Waals surface area (Å²) in [5, 5.41) is 15.6. The summed E-state index contributed by atoms with van der Waals surface area (Å²) >= 11 is 5.90. The Morgan fingerprint density at radius 2 is 2.00 bits per heavy atom. The summed E-state index contributed by atoms with van der Waals surface area (Å²) in [5.41, 5.74) is 1.74. The third-order valence-electron chi connectivity index (χ3n) is 3.49. The Hall–Kier alpha value is -3.70. The van der Waals surface area contributed by atoms with E-state index in [1.54, 1.807) is 28.9 Å². The average Bonchev–Trinajstić information content (AvgIpc) is 3.21. The molecule has 0 fully saturated rings. The van der Waals surface area contributed by atoms with Gasteiger partial charge < -0.3 is 10.1 Å². The number of rotatable bonds is 5. The lowest BCUT2D eigenvalue weighted by atomic mass is 10.2. The molecule has 0 atom stereocenters. The van der Waals surface area contributed by atoms with Crippen LogP contribution in [0.3, 0.4) is 0 Å². The summed E-state index contributed by atoms with van der Waals surface area (Å²) in [6.07, 6.45) is 2.94. The number of carbonyl (C=O) groups is 2. The van der Waals surface area contributed by atoms with Crippen LogP contribution in [0.1, 0.15) is 15.9 Å². The molecule has 0 saturated heterocycles. The van der Waals surface area contributed by atoms with E-state index in [4.69, 9.17) is 21.6 Å². The monoisotopic (exact) mass is 381 g/mol. The molecule has 27 heavy (non-hydrogen) atoms. The van der Waals surface area contributed by atoms with Gasteiger partial charge in [-0.15, -0.1) is 0 Å². The molecule has 134 valence electrons. The lowest BCUT2D eigenvalue weighted by Gasteiger charge is -2.08. The van der Waals surface area contributed by atoms with Gasteiger partial charge in [0.15, 0.2) is 6.61 Å². The highest BCUT2D eigenvalue weighted by atomic mass is 35.5. The number of aromatic nitrogens is 3. The fourth-order valence-corrected chi connectivity index (χ4v) is 2.41. The molecule has 3 rings (SSSR count). The summed E-state index contributed by atoms with van der Waals surface area (Å²) in [5.74, 6) is -1.16. The Morgan fingerprint density at radius 3 is 2.63 bits per heavy atom. The Bertz CT molecular complexity index is 1010. The molecule has 9 heteroatoms. The van der Waals surface area contributed by atoms with E-state index in [1.165, 1.54) is 30.9 Å². The minimum absolute atomic E-state index is 0.222. The van der Waals surface area contributed by atoms with Gasteiger partial charge in [0.1, 0.15) is 18.7 Å². The first-order valence-electron chi connectivity index (χ1n) is 7.68. The number of nitrogens with one attached hydrogen (secondary N) is 1. The number of hydrogen-bond acceptors (Lipinski definition) is 6. The summed E-state index contributed by atoms with van der Waals surface area (Å²) in [4.78, 5) is 27.8. The fourth-order valence-electron chi connectivity index (χ4n) is 2.19. The molecule has 8 nitrogen and oxygen atoms in total. The second-order valence-corrected chi connectivity index (χ2v) is 5.72. The summed E-state index contributed by atoms with van der Waals surface area (Å²) in [6.45, 7) is -0.457. The van der Waals surface area contributed by atoms with Gasteiger partial charge in [0.05, 0.1) is 21.8 Å². The Morgan fingerprint density at radius 1 is 1.22 bits per heavy atom. The van der Waals surface area contributed by atoms with Crippen molar-refractivity contribution in [2.75, 3.05) is 11.9 Å². The van der Waals surface area contributed by atoms with Gasteiger partial charge in [-0.1, -0.05) is 11.6 Å². The molecule has 3 aromatic rings. The zero-order valence-corrected chi connectivity index (χ0v) is 14.6. The van der Waals surface area contributed by atoms with E-state index >= 15 is 0 Å². The molecule has 0 aliphatic rings. The Kier molecular flexibility index (Phi) is 5.44. The Labute approximate surface area is 159 Å². The SMILES string of the molecule is N#Cc1ccc(NC(=O)COC(=O)c2ccc(-n3cncn3)cc2)cc1Cl. The van der Waals surface area contributed by atoms with Gasteiger partial charge in [-0.05, 0) is 42.5 Å². The van der Waals surface area contributed by atoms with Crippen LogP contribution in [0.2, 0.25) is 5.02 Å². The van der Waals surface area contributed by atoms with Crippen LogP contribution >= 0.6 is 11.6 Å². The van der Waals surface area contributed by atoms with Crippen molar-refractivity contribution in [1.82, 2.24) is 14.8 Å². The largest absolute Gasteiger partial charge is 0.452 e. The van der Waals surface area contributed by atoms with E-state index in [1.807, 2.05) is 6.07 Å². The average molecular weight is 382 g/mol. The predicted molar refractivity (Wildman–Crippen MR) is 96.4 cm³/mol. The molecule has 1 aromatic heterocycles. The van der Waals surface area contributed by atoms with Crippen molar-refractivity contribution in [3.05, 3.63) is 71.3 Å². The van der Waals surface area contributed by atoms with Crippen molar-refractivity contribution in [2.45, 2.75) is 0 Å². The van der Waals surface area contributed by atoms with Crippen LogP contribution < -0.4 is 5.32 Å². The number of nitrogens with zero attached hydrogens (tertiary/aromatic N) is 4. The number of halogens is 1. The van der Waals surface area contributed by atoms with Crippen LogP contribution in [-0.4, -0.2) is 33.2 Å². The zero-order valence-electron chi connectivity index (χ0n) is 13.8. The highest BCUT2D eigenvalue weighted by Gasteiger charge is 2.11. The predicted octanol–water partition coefficient (Wildman–Crippen LogP) is 2.59. The van der Waals surface area contributed by atoms with Crippen LogP contribution in [0.5, 0.6) is 0 Å². The summed E-state index contributed by atoms with van der Waals surface area (Å²) in [6, 6.07) is 12.9. The van der Waals surface area contributed by atoms with Gasteiger partial charge in [-0.3, -0.25) is 4.79 Å². The third-order valence-corrected chi connectivity index (χ3v) is 3.81. The van der Waals surface area contributed by atoms with Crippen LogP contribution in [0.4, 0.5) is 5.69 Å². The molecule has 0 aliphatic heterocycles. The molecule has 0 aliphatic carbocycles. The van der Waals surface area contributed by atoms with Crippen molar-refractivity contribution in [1.29, 1.82) is 5.26 Å². The van der Waals surface area contributed by atoms with Gasteiger partial charge in [-0.25, -0.2) is 14.5 Å². The van der Waals surface area contributed by atoms with Gasteiger partial charge in [0.25, 0.3) is 5.91 Å². The Balaban J connectivity index is 1.55. The zero-order chi connectivity index (χ0) is 19.2. The van der Waals surface area contributed by atoms with Crippen molar-refractivity contribution in [3.8, 4) is 11.8 Å². The van der Waals surface area contributed by atoms with Gasteiger partial charge in [-0.2, -0.15) is 10.4 Å². The summed E-state index contributed by atoms with van der Waals surface area (Å²) < 4.78 is 6.54. The molecular weight excluding hydrogens is 370 g/mol. The highest BCUT2D eigenvalue weighted by Crippen LogP contribution is 2.20. The van der Waals surface area contributed by atoms with E-state index in [9.17, 15) is 9.59 Å². The molecule has 1 N–H and O–H groups in total. The quantitative estimate of drug-likeness (QED) is 0.680. The molecule has 0 spiro atoms. The standard InChI is InChI=1S/C18H12ClN5O3/c19-16-7-14(4-1-13(16)8-20)23-17(25)9-27-18(26)12-2-5-15(6-3-12)24-11-21-10-22-24/h1-7,10-11H,9H2,(H,23,25). The van der Waals surface area contributed by atoms with Crippen molar-refractivity contribution in [2.24, 2.45) is 0 Å². The van der Waals surface area contributed by atoms with E-state index in [0.29, 0.717) is 16.8 Å².